The van der Waals surface area contributed by atoms with Gasteiger partial charge in [0.05, 0.1) is 0 Å². The second-order valence-corrected chi connectivity index (χ2v) is 5.71. The predicted molar refractivity (Wildman–Crippen MR) is 66.5 cm³/mol. The molecule has 0 aromatic carbocycles. The molecule has 2 aliphatic rings. The molecule has 1 heterocycles. The van der Waals surface area contributed by atoms with E-state index in [4.69, 9.17) is 5.11 Å². The maximum Gasteiger partial charge on any atom is 0.328 e. The lowest BCUT2D eigenvalue weighted by Gasteiger charge is -2.36. The van der Waals surface area contributed by atoms with Crippen molar-refractivity contribution in [1.82, 2.24) is 15.5 Å². The molecule has 1 atom stereocenters. The van der Waals surface area contributed by atoms with Crippen LogP contribution >= 0.6 is 0 Å². The fraction of sp³-hybridized carbons (Fsp3) is 0.750. The Hall–Kier alpha value is -1.79. The van der Waals surface area contributed by atoms with Crippen LogP contribution in [0.2, 0.25) is 0 Å². The Morgan fingerprint density at radius 3 is 2.58 bits per heavy atom. The first-order valence-electron chi connectivity index (χ1n) is 6.39. The highest BCUT2D eigenvalue weighted by Gasteiger charge is 2.42. The third-order valence-corrected chi connectivity index (χ3v) is 3.76. The van der Waals surface area contributed by atoms with E-state index in [1.807, 2.05) is 13.8 Å². The predicted octanol–water partition coefficient (Wildman–Crippen LogP) is -0.230. The average Bonchev–Trinajstić information content (AvgIpc) is 3.11. The van der Waals surface area contributed by atoms with Crippen LogP contribution in [0.4, 0.5) is 4.79 Å². The highest BCUT2D eigenvalue weighted by molar-refractivity contribution is 5.90. The number of piperazine rings is 1. The first-order chi connectivity index (χ1) is 8.81. The first kappa shape index (κ1) is 13.6. The largest absolute Gasteiger partial charge is 0.480 e. The third-order valence-electron chi connectivity index (χ3n) is 3.76. The second kappa shape index (κ2) is 4.71. The van der Waals surface area contributed by atoms with Gasteiger partial charge in [-0.05, 0) is 32.6 Å². The summed E-state index contributed by atoms with van der Waals surface area (Å²) in [5.41, 5.74) is -0.367. The molecule has 1 aliphatic carbocycles. The van der Waals surface area contributed by atoms with E-state index in [1.54, 1.807) is 0 Å². The minimum absolute atomic E-state index is 0.0502. The molecule has 2 rings (SSSR count). The summed E-state index contributed by atoms with van der Waals surface area (Å²) in [6.07, 6.45) is 2.13. The normalized spacial score (nSPS) is 23.8. The Bertz CT molecular complexity index is 417. The Morgan fingerprint density at radius 2 is 2.05 bits per heavy atom. The van der Waals surface area contributed by atoms with Crippen LogP contribution in [0.5, 0.6) is 0 Å². The summed E-state index contributed by atoms with van der Waals surface area (Å²) in [6.45, 7) is 3.57. The molecule has 19 heavy (non-hydrogen) atoms. The lowest BCUT2D eigenvalue weighted by Crippen LogP contribution is -2.63. The first-order valence-corrected chi connectivity index (χ1v) is 6.39. The number of carboxylic acid groups (broad SMARTS) is 1. The van der Waals surface area contributed by atoms with Crippen LogP contribution in [0, 0.1) is 5.92 Å². The van der Waals surface area contributed by atoms with E-state index in [9.17, 15) is 14.4 Å². The van der Waals surface area contributed by atoms with Gasteiger partial charge in [-0.3, -0.25) is 9.69 Å². The fourth-order valence-electron chi connectivity index (χ4n) is 2.33. The molecule has 2 fully saturated rings. The van der Waals surface area contributed by atoms with Crippen LogP contribution in [-0.4, -0.2) is 52.6 Å². The summed E-state index contributed by atoms with van der Waals surface area (Å²) in [5.74, 6) is -1.02. The molecule has 3 amide bonds. The van der Waals surface area contributed by atoms with Crippen LogP contribution in [0.3, 0.4) is 0 Å². The quantitative estimate of drug-likeness (QED) is 0.659. The van der Waals surface area contributed by atoms with Crippen molar-refractivity contribution >= 4 is 17.9 Å². The van der Waals surface area contributed by atoms with Crippen molar-refractivity contribution in [2.24, 2.45) is 5.92 Å². The topological polar surface area (TPSA) is 98.7 Å². The van der Waals surface area contributed by atoms with Gasteiger partial charge in [0.25, 0.3) is 0 Å². The van der Waals surface area contributed by atoms with Gasteiger partial charge >= 0.3 is 12.0 Å². The highest BCUT2D eigenvalue weighted by Crippen LogP contribution is 2.39. The number of carboxylic acids is 1. The minimum Gasteiger partial charge on any atom is -0.480 e. The smallest absolute Gasteiger partial charge is 0.328 e. The fourth-order valence-corrected chi connectivity index (χ4v) is 2.33. The number of carbonyl (C=O) groups is 3. The van der Waals surface area contributed by atoms with Gasteiger partial charge in [0.1, 0.15) is 12.6 Å². The van der Waals surface area contributed by atoms with Gasteiger partial charge in [0.15, 0.2) is 0 Å². The number of nitrogens with one attached hydrogen (secondary N) is 2. The minimum atomic E-state index is -1.11. The lowest BCUT2D eigenvalue weighted by molar-refractivity contribution is -0.144. The summed E-state index contributed by atoms with van der Waals surface area (Å²) >= 11 is 0. The van der Waals surface area contributed by atoms with E-state index in [2.05, 4.69) is 10.6 Å². The zero-order valence-corrected chi connectivity index (χ0v) is 11.1. The van der Waals surface area contributed by atoms with Crippen molar-refractivity contribution in [3.63, 3.8) is 0 Å². The van der Waals surface area contributed by atoms with Crippen LogP contribution in [0.15, 0.2) is 0 Å². The zero-order chi connectivity index (χ0) is 14.2. The van der Waals surface area contributed by atoms with Crippen molar-refractivity contribution in [3.05, 3.63) is 0 Å². The Balaban J connectivity index is 2.06. The summed E-state index contributed by atoms with van der Waals surface area (Å²) in [7, 11) is 0. The molecule has 7 heteroatoms. The lowest BCUT2D eigenvalue weighted by atomic mass is 9.99. The number of hydrogen-bond acceptors (Lipinski definition) is 3. The number of hydrogen-bond donors (Lipinski definition) is 3. The van der Waals surface area contributed by atoms with Gasteiger partial charge < -0.3 is 15.7 Å². The van der Waals surface area contributed by atoms with E-state index in [0.29, 0.717) is 5.92 Å². The SMILES string of the molecule is CC(C)(NC(=O)N1CC(=O)NCC1C(=O)O)C1CC1. The molecular weight excluding hydrogens is 250 g/mol. The van der Waals surface area contributed by atoms with Crippen LogP contribution in [0.1, 0.15) is 26.7 Å². The van der Waals surface area contributed by atoms with Crippen LogP contribution < -0.4 is 10.6 Å². The van der Waals surface area contributed by atoms with Crippen molar-refractivity contribution in [1.29, 1.82) is 0 Å². The van der Waals surface area contributed by atoms with Crippen molar-refractivity contribution < 1.29 is 19.5 Å². The summed E-state index contributed by atoms with van der Waals surface area (Å²) in [6, 6.07) is -1.49. The Kier molecular flexibility index (Phi) is 3.38. The molecule has 1 aliphatic heterocycles. The van der Waals surface area contributed by atoms with Gasteiger partial charge in [-0.2, -0.15) is 0 Å². The Morgan fingerprint density at radius 1 is 1.42 bits per heavy atom. The molecule has 0 radical (unpaired) electrons. The van der Waals surface area contributed by atoms with Gasteiger partial charge in [-0.25, -0.2) is 9.59 Å². The molecule has 3 N–H and O–H groups in total. The van der Waals surface area contributed by atoms with Crippen molar-refractivity contribution in [3.8, 4) is 0 Å². The summed E-state index contributed by atoms with van der Waals surface area (Å²) in [5, 5.41) is 14.4. The Labute approximate surface area is 111 Å². The standard InChI is InChI=1S/C12H19N3O4/c1-12(2,7-3-4-7)14-11(19)15-6-9(16)13-5-8(15)10(17)18/h7-8H,3-6H2,1-2H3,(H,13,16)(H,14,19)(H,17,18). The van der Waals surface area contributed by atoms with Crippen LogP contribution in [-0.2, 0) is 9.59 Å². The number of amides is 3. The van der Waals surface area contributed by atoms with Crippen LogP contribution in [0.25, 0.3) is 0 Å². The molecule has 0 aromatic heterocycles. The van der Waals surface area contributed by atoms with E-state index < -0.39 is 18.0 Å². The van der Waals surface area contributed by atoms with Gasteiger partial charge in [0.2, 0.25) is 5.91 Å². The number of aliphatic carboxylic acids is 1. The summed E-state index contributed by atoms with van der Waals surface area (Å²) < 4.78 is 0. The van der Waals surface area contributed by atoms with E-state index >= 15 is 0 Å². The van der Waals surface area contributed by atoms with Gasteiger partial charge in [-0.15, -0.1) is 0 Å². The molecule has 106 valence electrons. The number of nitrogens with zero attached hydrogens (tertiary/aromatic N) is 1. The molecular formula is C12H19N3O4. The molecule has 0 bridgehead atoms. The number of rotatable bonds is 3. The molecule has 0 aromatic rings. The number of urea groups is 1. The van der Waals surface area contributed by atoms with Gasteiger partial charge in [0, 0.05) is 12.1 Å². The van der Waals surface area contributed by atoms with E-state index in [-0.39, 0.29) is 24.5 Å². The average molecular weight is 269 g/mol. The third kappa shape index (κ3) is 2.97. The second-order valence-electron chi connectivity index (χ2n) is 5.71. The molecule has 1 saturated heterocycles. The van der Waals surface area contributed by atoms with Crippen molar-refractivity contribution in [2.75, 3.05) is 13.1 Å². The monoisotopic (exact) mass is 269 g/mol. The zero-order valence-electron chi connectivity index (χ0n) is 11.1. The maximum absolute atomic E-state index is 12.2. The van der Waals surface area contributed by atoms with Crippen molar-refractivity contribution in [2.45, 2.75) is 38.3 Å². The maximum atomic E-state index is 12.2. The molecule has 0 spiro atoms. The molecule has 1 unspecified atom stereocenters. The van der Waals surface area contributed by atoms with E-state index in [0.717, 1.165) is 17.7 Å². The molecule has 1 saturated carbocycles. The number of carbonyl (C=O) groups excluding carboxylic acids is 2. The highest BCUT2D eigenvalue weighted by atomic mass is 16.4. The molecule has 7 nitrogen and oxygen atoms in total. The van der Waals surface area contributed by atoms with E-state index in [1.165, 1.54) is 0 Å². The summed E-state index contributed by atoms with van der Waals surface area (Å²) in [4.78, 5) is 35.7. The van der Waals surface area contributed by atoms with Gasteiger partial charge in [-0.1, -0.05) is 0 Å².